The SMILES string of the molecule is CC/C=C1/CC[C@H](CCC(F)(F)F)[C@H](C(C)c2ccccc2)/C1=C/OC. The number of halogens is 3. The molecule has 0 saturated heterocycles. The van der Waals surface area contributed by atoms with Crippen LogP contribution in [-0.2, 0) is 4.74 Å². The first-order chi connectivity index (χ1) is 12.4. The van der Waals surface area contributed by atoms with Crippen molar-refractivity contribution < 1.29 is 17.9 Å². The molecule has 0 heterocycles. The predicted octanol–water partition coefficient (Wildman–Crippen LogP) is 7.03. The van der Waals surface area contributed by atoms with E-state index in [1.807, 2.05) is 18.2 Å². The number of rotatable bonds is 6. The van der Waals surface area contributed by atoms with Gasteiger partial charge in [0.15, 0.2) is 0 Å². The van der Waals surface area contributed by atoms with Gasteiger partial charge in [-0.2, -0.15) is 13.2 Å². The van der Waals surface area contributed by atoms with Crippen molar-refractivity contribution in [1.29, 1.82) is 0 Å². The van der Waals surface area contributed by atoms with E-state index in [1.54, 1.807) is 13.4 Å². The van der Waals surface area contributed by atoms with Gasteiger partial charge in [-0.15, -0.1) is 0 Å². The highest BCUT2D eigenvalue weighted by molar-refractivity contribution is 5.38. The Kier molecular flexibility index (Phi) is 7.36. The van der Waals surface area contributed by atoms with Gasteiger partial charge in [-0.05, 0) is 60.1 Å². The number of hydrogen-bond donors (Lipinski definition) is 0. The predicted molar refractivity (Wildman–Crippen MR) is 99.8 cm³/mol. The average molecular weight is 366 g/mol. The summed E-state index contributed by atoms with van der Waals surface area (Å²) in [4.78, 5) is 0. The Balaban J connectivity index is 2.38. The Morgan fingerprint density at radius 2 is 1.92 bits per heavy atom. The van der Waals surface area contributed by atoms with E-state index in [9.17, 15) is 13.2 Å². The highest BCUT2D eigenvalue weighted by Gasteiger charge is 2.38. The molecule has 1 fully saturated rings. The third-order valence-corrected chi connectivity index (χ3v) is 5.38. The summed E-state index contributed by atoms with van der Waals surface area (Å²) in [5.41, 5.74) is 3.46. The van der Waals surface area contributed by atoms with Crippen LogP contribution in [-0.4, -0.2) is 13.3 Å². The normalized spacial score (nSPS) is 25.5. The van der Waals surface area contributed by atoms with Crippen molar-refractivity contribution in [3.8, 4) is 0 Å². The molecule has 1 aliphatic carbocycles. The summed E-state index contributed by atoms with van der Waals surface area (Å²) < 4.78 is 43.9. The van der Waals surface area contributed by atoms with Crippen molar-refractivity contribution in [3.05, 3.63) is 59.4 Å². The molecular weight excluding hydrogens is 337 g/mol. The zero-order valence-electron chi connectivity index (χ0n) is 15.9. The van der Waals surface area contributed by atoms with E-state index in [4.69, 9.17) is 4.74 Å². The summed E-state index contributed by atoms with van der Waals surface area (Å²) in [5, 5.41) is 0. The lowest BCUT2D eigenvalue weighted by atomic mass is 9.65. The van der Waals surface area contributed by atoms with Crippen LogP contribution in [0.5, 0.6) is 0 Å². The fraction of sp³-hybridized carbons (Fsp3) is 0.545. The molecule has 3 atom stereocenters. The number of hydrogen-bond acceptors (Lipinski definition) is 1. The lowest BCUT2D eigenvalue weighted by Gasteiger charge is -2.39. The van der Waals surface area contributed by atoms with Crippen molar-refractivity contribution >= 4 is 0 Å². The second kappa shape index (κ2) is 9.29. The van der Waals surface area contributed by atoms with Crippen LogP contribution in [0.3, 0.4) is 0 Å². The van der Waals surface area contributed by atoms with Crippen molar-refractivity contribution in [2.75, 3.05) is 7.11 Å². The molecule has 26 heavy (non-hydrogen) atoms. The largest absolute Gasteiger partial charge is 0.504 e. The quantitative estimate of drug-likeness (QED) is 0.491. The van der Waals surface area contributed by atoms with Gasteiger partial charge in [0.25, 0.3) is 0 Å². The maximum atomic E-state index is 12.9. The minimum Gasteiger partial charge on any atom is -0.504 e. The fourth-order valence-corrected chi connectivity index (χ4v) is 4.19. The Labute approximate surface area is 154 Å². The first-order valence-corrected chi connectivity index (χ1v) is 9.41. The van der Waals surface area contributed by atoms with Crippen molar-refractivity contribution in [3.63, 3.8) is 0 Å². The fourth-order valence-electron chi connectivity index (χ4n) is 4.19. The first kappa shape index (κ1) is 20.6. The standard InChI is InChI=1S/C22H29F3O/c1-4-8-18-11-12-19(13-14-22(23,24)25)21(20(18)15-26-3)16(2)17-9-6-5-7-10-17/h5-10,15-16,19,21H,4,11-14H2,1-3H3/b18-8-,20-15+/t16?,19-,21+/m1/s1. The van der Waals surface area contributed by atoms with Crippen molar-refractivity contribution in [1.82, 2.24) is 0 Å². The van der Waals surface area contributed by atoms with Gasteiger partial charge >= 0.3 is 6.18 Å². The summed E-state index contributed by atoms with van der Waals surface area (Å²) in [6, 6.07) is 10.1. The van der Waals surface area contributed by atoms with Crippen LogP contribution < -0.4 is 0 Å². The van der Waals surface area contributed by atoms with Gasteiger partial charge in [0.05, 0.1) is 13.4 Å². The number of allylic oxidation sites excluding steroid dienone is 3. The smallest absolute Gasteiger partial charge is 0.389 e. The van der Waals surface area contributed by atoms with E-state index < -0.39 is 12.6 Å². The van der Waals surface area contributed by atoms with Crippen LogP contribution in [0.1, 0.15) is 57.4 Å². The van der Waals surface area contributed by atoms with Crippen LogP contribution in [0.2, 0.25) is 0 Å². The van der Waals surface area contributed by atoms with Crippen LogP contribution >= 0.6 is 0 Å². The third kappa shape index (κ3) is 5.39. The first-order valence-electron chi connectivity index (χ1n) is 9.41. The van der Waals surface area contributed by atoms with E-state index in [1.165, 1.54) is 5.57 Å². The van der Waals surface area contributed by atoms with E-state index in [-0.39, 0.29) is 24.2 Å². The van der Waals surface area contributed by atoms with E-state index in [0.29, 0.717) is 0 Å². The molecule has 1 aliphatic rings. The van der Waals surface area contributed by atoms with Crippen LogP contribution in [0.4, 0.5) is 13.2 Å². The van der Waals surface area contributed by atoms with Crippen LogP contribution in [0.25, 0.3) is 0 Å². The molecule has 0 spiro atoms. The third-order valence-electron chi connectivity index (χ3n) is 5.38. The van der Waals surface area contributed by atoms with E-state index in [2.05, 4.69) is 32.1 Å². The summed E-state index contributed by atoms with van der Waals surface area (Å²) >= 11 is 0. The highest BCUT2D eigenvalue weighted by atomic mass is 19.4. The summed E-state index contributed by atoms with van der Waals surface area (Å²) in [7, 11) is 1.61. The number of ether oxygens (including phenoxy) is 1. The topological polar surface area (TPSA) is 9.23 Å². The molecule has 1 aromatic rings. The maximum absolute atomic E-state index is 12.9. The molecular formula is C22H29F3O. The lowest BCUT2D eigenvalue weighted by molar-refractivity contribution is -0.138. The van der Waals surface area contributed by atoms with E-state index in [0.717, 1.165) is 30.4 Å². The molecule has 0 amide bonds. The van der Waals surface area contributed by atoms with E-state index >= 15 is 0 Å². The summed E-state index contributed by atoms with van der Waals surface area (Å²) in [5.74, 6) is 0.171. The second-order valence-electron chi connectivity index (χ2n) is 7.12. The zero-order valence-corrected chi connectivity index (χ0v) is 15.9. The van der Waals surface area contributed by atoms with Crippen molar-refractivity contribution in [2.24, 2.45) is 11.8 Å². The number of methoxy groups -OCH3 is 1. The van der Waals surface area contributed by atoms with Gasteiger partial charge in [-0.1, -0.05) is 50.3 Å². The molecule has 144 valence electrons. The Morgan fingerprint density at radius 3 is 2.50 bits per heavy atom. The molecule has 4 heteroatoms. The molecule has 2 rings (SSSR count). The maximum Gasteiger partial charge on any atom is 0.389 e. The molecule has 1 unspecified atom stereocenters. The number of benzene rings is 1. The van der Waals surface area contributed by atoms with Gasteiger partial charge < -0.3 is 4.74 Å². The molecule has 0 N–H and O–H groups in total. The Bertz CT molecular complexity index is 616. The zero-order chi connectivity index (χ0) is 19.2. The van der Waals surface area contributed by atoms with Crippen LogP contribution in [0, 0.1) is 11.8 Å². The molecule has 1 nitrogen and oxygen atoms in total. The molecule has 0 aliphatic heterocycles. The minimum atomic E-state index is -4.11. The molecule has 0 bridgehead atoms. The molecule has 0 aromatic heterocycles. The van der Waals surface area contributed by atoms with Gasteiger partial charge in [-0.3, -0.25) is 0 Å². The monoisotopic (exact) mass is 366 g/mol. The highest BCUT2D eigenvalue weighted by Crippen LogP contribution is 2.48. The Hall–Kier alpha value is -1.71. The minimum absolute atomic E-state index is 0.00207. The molecule has 0 radical (unpaired) electrons. The average Bonchev–Trinajstić information content (AvgIpc) is 2.61. The van der Waals surface area contributed by atoms with Crippen molar-refractivity contribution in [2.45, 2.75) is 58.0 Å². The lowest BCUT2D eigenvalue weighted by Crippen LogP contribution is -2.29. The van der Waals surface area contributed by atoms with Gasteiger partial charge in [-0.25, -0.2) is 0 Å². The van der Waals surface area contributed by atoms with Gasteiger partial charge in [0.2, 0.25) is 0 Å². The molecule has 1 saturated carbocycles. The van der Waals surface area contributed by atoms with Crippen LogP contribution in [0.15, 0.2) is 53.8 Å². The summed E-state index contributed by atoms with van der Waals surface area (Å²) in [6.45, 7) is 4.21. The van der Waals surface area contributed by atoms with Gasteiger partial charge in [0.1, 0.15) is 0 Å². The van der Waals surface area contributed by atoms with Gasteiger partial charge in [0, 0.05) is 6.42 Å². The molecule has 1 aromatic carbocycles. The number of alkyl halides is 3. The summed E-state index contributed by atoms with van der Waals surface area (Å²) in [6.07, 6.45) is 1.82. The Morgan fingerprint density at radius 1 is 1.23 bits per heavy atom. The second-order valence-corrected chi connectivity index (χ2v) is 7.12.